The molecule has 0 atom stereocenters. The molecule has 0 aromatic heterocycles. The van der Waals surface area contributed by atoms with Gasteiger partial charge in [0, 0.05) is 5.92 Å². The van der Waals surface area contributed by atoms with Gasteiger partial charge in [0.05, 0.1) is 6.61 Å². The minimum atomic E-state index is -0.347. The van der Waals surface area contributed by atoms with Gasteiger partial charge < -0.3 is 4.74 Å². The van der Waals surface area contributed by atoms with Gasteiger partial charge in [-0.25, -0.2) is 0 Å². The van der Waals surface area contributed by atoms with E-state index >= 15 is 0 Å². The summed E-state index contributed by atoms with van der Waals surface area (Å²) in [6.45, 7) is 0.310. The Kier molecular flexibility index (Phi) is 4.30. The third-order valence-electron chi connectivity index (χ3n) is 2.62. The first kappa shape index (κ1) is 12.6. The van der Waals surface area contributed by atoms with Crippen molar-refractivity contribution < 1.29 is 14.3 Å². The lowest BCUT2D eigenvalue weighted by molar-refractivity contribution is -0.132. The van der Waals surface area contributed by atoms with Crippen molar-refractivity contribution in [2.24, 2.45) is 5.92 Å². The van der Waals surface area contributed by atoms with Crippen molar-refractivity contribution in [3.63, 3.8) is 0 Å². The van der Waals surface area contributed by atoms with Crippen LogP contribution in [-0.4, -0.2) is 18.4 Å². The minimum Gasteiger partial charge on any atom is -0.367 e. The van der Waals surface area contributed by atoms with Crippen LogP contribution in [0.4, 0.5) is 0 Å². The highest BCUT2D eigenvalue weighted by Crippen LogP contribution is 2.28. The van der Waals surface area contributed by atoms with Gasteiger partial charge in [0.1, 0.15) is 6.61 Å². The second kappa shape index (κ2) is 6.16. The van der Waals surface area contributed by atoms with Crippen LogP contribution in [0.2, 0.25) is 0 Å². The van der Waals surface area contributed by atoms with E-state index < -0.39 is 0 Å². The van der Waals surface area contributed by atoms with Crippen LogP contribution in [0.25, 0.3) is 0 Å². The molecule has 18 heavy (non-hydrogen) atoms. The maximum absolute atomic E-state index is 11.3. The van der Waals surface area contributed by atoms with Gasteiger partial charge >= 0.3 is 0 Å². The van der Waals surface area contributed by atoms with E-state index in [9.17, 15) is 9.59 Å². The summed E-state index contributed by atoms with van der Waals surface area (Å²) in [7, 11) is 0. The fourth-order valence-electron chi connectivity index (χ4n) is 1.45. The number of hydrazine groups is 1. The first-order chi connectivity index (χ1) is 8.75. The van der Waals surface area contributed by atoms with Gasteiger partial charge in [-0.15, -0.1) is 0 Å². The van der Waals surface area contributed by atoms with Crippen molar-refractivity contribution in [2.45, 2.75) is 19.4 Å². The molecule has 1 aromatic rings. The number of hydrogen-bond acceptors (Lipinski definition) is 3. The SMILES string of the molecule is O=C(COCc1ccccc1)NNC(=O)C1CC1. The molecule has 2 amide bonds. The molecular weight excluding hydrogens is 232 g/mol. The van der Waals surface area contributed by atoms with Crippen LogP contribution >= 0.6 is 0 Å². The van der Waals surface area contributed by atoms with E-state index in [4.69, 9.17) is 4.74 Å². The Bertz CT molecular complexity index is 416. The Morgan fingerprint density at radius 2 is 1.89 bits per heavy atom. The van der Waals surface area contributed by atoms with Gasteiger partial charge in [-0.05, 0) is 18.4 Å². The monoisotopic (exact) mass is 248 g/mol. The predicted molar refractivity (Wildman–Crippen MR) is 65.1 cm³/mol. The fraction of sp³-hybridized carbons (Fsp3) is 0.385. The highest BCUT2D eigenvalue weighted by molar-refractivity contribution is 5.84. The molecule has 1 aliphatic carbocycles. The van der Waals surface area contributed by atoms with Gasteiger partial charge in [0.15, 0.2) is 0 Å². The molecule has 0 heterocycles. The van der Waals surface area contributed by atoms with Crippen molar-refractivity contribution in [2.75, 3.05) is 6.61 Å². The Balaban J connectivity index is 1.58. The normalized spacial score (nSPS) is 14.0. The summed E-state index contributed by atoms with van der Waals surface area (Å²) < 4.78 is 5.23. The third-order valence-corrected chi connectivity index (χ3v) is 2.62. The van der Waals surface area contributed by atoms with Crippen LogP contribution in [0.1, 0.15) is 18.4 Å². The van der Waals surface area contributed by atoms with Crippen LogP contribution in [0.5, 0.6) is 0 Å². The van der Waals surface area contributed by atoms with Crippen LogP contribution in [0.3, 0.4) is 0 Å². The van der Waals surface area contributed by atoms with Gasteiger partial charge in [0.25, 0.3) is 5.91 Å². The molecule has 5 nitrogen and oxygen atoms in total. The quantitative estimate of drug-likeness (QED) is 0.756. The van der Waals surface area contributed by atoms with Crippen molar-refractivity contribution in [1.82, 2.24) is 10.9 Å². The lowest BCUT2D eigenvalue weighted by Gasteiger charge is -2.07. The zero-order chi connectivity index (χ0) is 12.8. The maximum Gasteiger partial charge on any atom is 0.264 e. The average Bonchev–Trinajstić information content (AvgIpc) is 3.21. The van der Waals surface area contributed by atoms with E-state index in [1.807, 2.05) is 30.3 Å². The van der Waals surface area contributed by atoms with Gasteiger partial charge in [-0.1, -0.05) is 30.3 Å². The molecule has 0 radical (unpaired) electrons. The largest absolute Gasteiger partial charge is 0.367 e. The van der Waals surface area contributed by atoms with Crippen molar-refractivity contribution in [1.29, 1.82) is 0 Å². The highest BCUT2D eigenvalue weighted by Gasteiger charge is 2.29. The summed E-state index contributed by atoms with van der Waals surface area (Å²) in [5.41, 5.74) is 5.71. The Labute approximate surface area is 105 Å². The molecule has 5 heteroatoms. The zero-order valence-electron chi connectivity index (χ0n) is 10.0. The molecule has 0 bridgehead atoms. The summed E-state index contributed by atoms with van der Waals surface area (Å²) in [6.07, 6.45) is 1.82. The van der Waals surface area contributed by atoms with E-state index in [0.717, 1.165) is 18.4 Å². The summed E-state index contributed by atoms with van der Waals surface area (Å²) in [5, 5.41) is 0. The van der Waals surface area contributed by atoms with Gasteiger partial charge in [0.2, 0.25) is 5.91 Å². The van der Waals surface area contributed by atoms with E-state index in [-0.39, 0.29) is 24.3 Å². The number of hydrogen-bond donors (Lipinski definition) is 2. The number of amides is 2. The molecule has 96 valence electrons. The van der Waals surface area contributed by atoms with E-state index in [0.29, 0.717) is 6.61 Å². The maximum atomic E-state index is 11.3. The molecular formula is C13H16N2O3. The summed E-state index contributed by atoms with van der Waals surface area (Å²) in [6, 6.07) is 9.59. The van der Waals surface area contributed by atoms with Crippen molar-refractivity contribution >= 4 is 11.8 Å². The lowest BCUT2D eigenvalue weighted by atomic mass is 10.2. The van der Waals surface area contributed by atoms with Gasteiger partial charge in [-0.2, -0.15) is 0 Å². The molecule has 1 fully saturated rings. The van der Waals surface area contributed by atoms with E-state index in [1.54, 1.807) is 0 Å². The molecule has 1 aromatic carbocycles. The third kappa shape index (κ3) is 4.18. The molecule has 0 saturated heterocycles. The summed E-state index contributed by atoms with van der Waals surface area (Å²) in [4.78, 5) is 22.6. The fourth-order valence-corrected chi connectivity index (χ4v) is 1.45. The number of benzene rings is 1. The number of carbonyl (C=O) groups excluding carboxylic acids is 2. The first-order valence-electron chi connectivity index (χ1n) is 5.96. The molecule has 1 aliphatic rings. The molecule has 2 rings (SSSR count). The van der Waals surface area contributed by atoms with E-state index in [2.05, 4.69) is 10.9 Å². The number of nitrogens with one attached hydrogen (secondary N) is 2. The van der Waals surface area contributed by atoms with Crippen LogP contribution in [0.15, 0.2) is 30.3 Å². The van der Waals surface area contributed by atoms with E-state index in [1.165, 1.54) is 0 Å². The first-order valence-corrected chi connectivity index (χ1v) is 5.96. The highest BCUT2D eigenvalue weighted by atomic mass is 16.5. The Morgan fingerprint density at radius 1 is 1.17 bits per heavy atom. The zero-order valence-corrected chi connectivity index (χ0v) is 10.0. The lowest BCUT2D eigenvalue weighted by Crippen LogP contribution is -2.44. The predicted octanol–water partition coefficient (Wildman–Crippen LogP) is 0.761. The Morgan fingerprint density at radius 3 is 2.56 bits per heavy atom. The summed E-state index contributed by atoms with van der Waals surface area (Å²) >= 11 is 0. The number of rotatable bonds is 5. The second-order valence-corrected chi connectivity index (χ2v) is 4.29. The molecule has 0 unspecified atom stereocenters. The van der Waals surface area contributed by atoms with Crippen LogP contribution < -0.4 is 10.9 Å². The van der Waals surface area contributed by atoms with Crippen LogP contribution in [0, 0.1) is 5.92 Å². The van der Waals surface area contributed by atoms with Gasteiger partial charge in [-0.3, -0.25) is 20.4 Å². The molecule has 0 spiro atoms. The Hall–Kier alpha value is -1.88. The molecule has 0 aliphatic heterocycles. The average molecular weight is 248 g/mol. The number of ether oxygens (including phenoxy) is 1. The minimum absolute atomic E-state index is 0.0696. The smallest absolute Gasteiger partial charge is 0.264 e. The van der Waals surface area contributed by atoms with Crippen LogP contribution in [-0.2, 0) is 20.9 Å². The summed E-state index contributed by atoms with van der Waals surface area (Å²) in [5.74, 6) is -0.387. The standard InChI is InChI=1S/C13H16N2O3/c16-12(14-15-13(17)11-6-7-11)9-18-8-10-4-2-1-3-5-10/h1-5,11H,6-9H2,(H,14,16)(H,15,17). The van der Waals surface area contributed by atoms with Crippen molar-refractivity contribution in [3.8, 4) is 0 Å². The molecule has 2 N–H and O–H groups in total. The van der Waals surface area contributed by atoms with Crippen molar-refractivity contribution in [3.05, 3.63) is 35.9 Å². The topological polar surface area (TPSA) is 67.4 Å². The second-order valence-electron chi connectivity index (χ2n) is 4.29. The number of carbonyl (C=O) groups is 2. The molecule has 1 saturated carbocycles.